The first-order chi connectivity index (χ1) is 9.08. The van der Waals surface area contributed by atoms with Crippen LogP contribution in [0.4, 0.5) is 0 Å². The quantitative estimate of drug-likeness (QED) is 0.555. The lowest BCUT2D eigenvalue weighted by Crippen LogP contribution is -2.37. The number of aliphatic hydroxyl groups is 1. The predicted molar refractivity (Wildman–Crippen MR) is 58.9 cm³/mol. The number of epoxide rings is 1. The first-order valence-corrected chi connectivity index (χ1v) is 5.47. The molecule has 0 bridgehead atoms. The molecule has 8 nitrogen and oxygen atoms in total. The Morgan fingerprint density at radius 3 is 3.00 bits per heavy atom. The number of ether oxygens (including phenoxy) is 1. The van der Waals surface area contributed by atoms with Gasteiger partial charge in [0.15, 0.2) is 17.2 Å². The number of aromatic hydroxyl groups is 1. The van der Waals surface area contributed by atoms with E-state index in [1.54, 1.807) is 0 Å². The molecule has 1 aromatic heterocycles. The summed E-state index contributed by atoms with van der Waals surface area (Å²) in [7, 11) is 0. The number of nitrogens with one attached hydrogen (secondary N) is 1. The van der Waals surface area contributed by atoms with Crippen LogP contribution in [0.15, 0.2) is 24.3 Å². The van der Waals surface area contributed by atoms with Gasteiger partial charge in [0.1, 0.15) is 24.6 Å². The highest BCUT2D eigenvalue weighted by atomic mass is 16.6. The van der Waals surface area contributed by atoms with Crippen molar-refractivity contribution in [2.75, 3.05) is 0 Å². The average Bonchev–Trinajstić information content (AvgIpc) is 3.17. The number of rotatable bonds is 2. The van der Waals surface area contributed by atoms with Crippen LogP contribution in [0.5, 0.6) is 5.75 Å². The largest absolute Gasteiger partial charge is 0.504 e. The Bertz CT molecular complexity index is 600. The molecule has 2 aliphatic rings. The molecule has 2 heterocycles. The fourth-order valence-corrected chi connectivity index (χ4v) is 1.89. The Morgan fingerprint density at radius 2 is 2.26 bits per heavy atom. The highest BCUT2D eigenvalue weighted by molar-refractivity contribution is 6.00. The van der Waals surface area contributed by atoms with Crippen molar-refractivity contribution in [3.63, 3.8) is 0 Å². The van der Waals surface area contributed by atoms with E-state index in [-0.39, 0.29) is 17.2 Å². The monoisotopic (exact) mass is 263 g/mol. The third-order valence-corrected chi connectivity index (χ3v) is 2.90. The summed E-state index contributed by atoms with van der Waals surface area (Å²) in [5.74, 6) is -1.44. The van der Waals surface area contributed by atoms with Crippen LogP contribution in [0.2, 0.25) is 0 Å². The van der Waals surface area contributed by atoms with Gasteiger partial charge in [0.2, 0.25) is 0 Å². The van der Waals surface area contributed by atoms with E-state index >= 15 is 0 Å². The maximum Gasteiger partial charge on any atom is 0.278 e. The summed E-state index contributed by atoms with van der Waals surface area (Å²) in [5.41, 5.74) is -0.207. The van der Waals surface area contributed by atoms with Crippen molar-refractivity contribution >= 4 is 11.7 Å². The molecule has 19 heavy (non-hydrogen) atoms. The van der Waals surface area contributed by atoms with Gasteiger partial charge in [-0.25, -0.2) is 9.97 Å². The number of fused-ring (bicyclic) bond motifs is 1. The summed E-state index contributed by atoms with van der Waals surface area (Å²) in [6.07, 6.45) is 1.00. The van der Waals surface area contributed by atoms with Crippen LogP contribution in [0.3, 0.4) is 0 Å². The first kappa shape index (κ1) is 11.8. The molecule has 98 valence electrons. The van der Waals surface area contributed by atoms with Gasteiger partial charge in [-0.05, 0) is 0 Å². The second-order valence-electron chi connectivity index (χ2n) is 4.18. The highest BCUT2D eigenvalue weighted by Crippen LogP contribution is 2.33. The Balaban J connectivity index is 1.80. The summed E-state index contributed by atoms with van der Waals surface area (Å²) < 4.78 is 4.97. The van der Waals surface area contributed by atoms with E-state index in [9.17, 15) is 19.8 Å². The molecular formula is C11H9N3O5. The van der Waals surface area contributed by atoms with Gasteiger partial charge < -0.3 is 20.3 Å². The van der Waals surface area contributed by atoms with Gasteiger partial charge in [-0.15, -0.1) is 0 Å². The molecule has 3 unspecified atom stereocenters. The minimum atomic E-state index is -1.07. The summed E-state index contributed by atoms with van der Waals surface area (Å²) in [5, 5.41) is 21.6. The topological polar surface area (TPSA) is 125 Å². The maximum absolute atomic E-state index is 11.8. The molecule has 3 atom stereocenters. The zero-order valence-electron chi connectivity index (χ0n) is 9.48. The molecule has 1 saturated heterocycles. The van der Waals surface area contributed by atoms with Crippen LogP contribution < -0.4 is 5.32 Å². The lowest BCUT2D eigenvalue weighted by atomic mass is 10.0. The van der Waals surface area contributed by atoms with Crippen LogP contribution in [-0.4, -0.2) is 50.2 Å². The van der Waals surface area contributed by atoms with Gasteiger partial charge in [0, 0.05) is 6.08 Å². The third-order valence-electron chi connectivity index (χ3n) is 2.90. The van der Waals surface area contributed by atoms with E-state index in [0.29, 0.717) is 0 Å². The second kappa shape index (κ2) is 4.11. The highest BCUT2D eigenvalue weighted by Gasteiger charge is 2.53. The second-order valence-corrected chi connectivity index (χ2v) is 4.18. The number of nitrogens with zero attached hydrogens (tertiary/aromatic N) is 2. The molecule has 0 spiro atoms. The molecule has 0 radical (unpaired) electrons. The minimum Gasteiger partial charge on any atom is -0.504 e. The molecule has 1 aliphatic heterocycles. The van der Waals surface area contributed by atoms with E-state index in [0.717, 1.165) is 18.6 Å². The van der Waals surface area contributed by atoms with Crippen LogP contribution >= 0.6 is 0 Å². The number of aliphatic hydroxyl groups excluding tert-OH is 1. The SMILES string of the molecule is O=C(NC1=CC(=O)C2OC2C1O)c1ncncc1O. The van der Waals surface area contributed by atoms with Gasteiger partial charge in [0.05, 0.1) is 11.9 Å². The Morgan fingerprint density at radius 1 is 1.47 bits per heavy atom. The number of amides is 1. The Hall–Kier alpha value is -2.32. The summed E-state index contributed by atoms with van der Waals surface area (Å²) >= 11 is 0. The fourth-order valence-electron chi connectivity index (χ4n) is 1.89. The molecule has 3 N–H and O–H groups in total. The van der Waals surface area contributed by atoms with E-state index < -0.39 is 30.0 Å². The van der Waals surface area contributed by atoms with Crippen molar-refractivity contribution < 1.29 is 24.5 Å². The number of carbonyl (C=O) groups is 2. The molecule has 0 aromatic carbocycles. The molecule has 1 amide bonds. The normalized spacial score (nSPS) is 28.4. The van der Waals surface area contributed by atoms with Crippen molar-refractivity contribution in [3.05, 3.63) is 30.0 Å². The van der Waals surface area contributed by atoms with Gasteiger partial charge in [-0.3, -0.25) is 9.59 Å². The minimum absolute atomic E-state index is 0.0340. The van der Waals surface area contributed by atoms with Gasteiger partial charge in [-0.1, -0.05) is 0 Å². The first-order valence-electron chi connectivity index (χ1n) is 5.47. The van der Waals surface area contributed by atoms with E-state index in [4.69, 9.17) is 4.74 Å². The molecule has 0 saturated carbocycles. The van der Waals surface area contributed by atoms with Crippen molar-refractivity contribution in [3.8, 4) is 5.75 Å². The van der Waals surface area contributed by atoms with Gasteiger partial charge >= 0.3 is 0 Å². The van der Waals surface area contributed by atoms with E-state index in [2.05, 4.69) is 15.3 Å². The molecule has 8 heteroatoms. The van der Waals surface area contributed by atoms with Crippen LogP contribution in [0, 0.1) is 0 Å². The van der Waals surface area contributed by atoms with Crippen molar-refractivity contribution in [1.82, 2.24) is 15.3 Å². The van der Waals surface area contributed by atoms with Crippen LogP contribution in [0.25, 0.3) is 0 Å². The number of hydrogen-bond donors (Lipinski definition) is 3. The lowest BCUT2D eigenvalue weighted by molar-refractivity contribution is -0.116. The predicted octanol–water partition coefficient (Wildman–Crippen LogP) is -1.49. The van der Waals surface area contributed by atoms with E-state index in [1.165, 1.54) is 0 Å². The van der Waals surface area contributed by atoms with Crippen molar-refractivity contribution in [1.29, 1.82) is 0 Å². The molecule has 1 aromatic rings. The molecule has 1 aliphatic carbocycles. The molecular weight excluding hydrogens is 254 g/mol. The smallest absolute Gasteiger partial charge is 0.278 e. The zero-order valence-corrected chi connectivity index (χ0v) is 9.48. The molecule has 1 fully saturated rings. The Kier molecular flexibility index (Phi) is 2.54. The number of ketones is 1. The summed E-state index contributed by atoms with van der Waals surface area (Å²) in [6, 6.07) is 0. The number of aromatic nitrogens is 2. The summed E-state index contributed by atoms with van der Waals surface area (Å²) in [6.45, 7) is 0. The summed E-state index contributed by atoms with van der Waals surface area (Å²) in [4.78, 5) is 30.4. The number of carbonyl (C=O) groups excluding carboxylic acids is 2. The van der Waals surface area contributed by atoms with Crippen molar-refractivity contribution in [2.24, 2.45) is 0 Å². The van der Waals surface area contributed by atoms with Gasteiger partial charge in [-0.2, -0.15) is 0 Å². The standard InChI is InChI=1S/C11H9N3O5/c15-5-1-4(8(17)10-9(5)19-10)14-11(18)7-6(16)2-12-3-13-7/h1-3,8-10,16-17H,(H,14,18). The third kappa shape index (κ3) is 1.96. The fraction of sp³-hybridized carbons (Fsp3) is 0.273. The number of hydrogen-bond acceptors (Lipinski definition) is 7. The average molecular weight is 263 g/mol. The maximum atomic E-state index is 11.8. The van der Waals surface area contributed by atoms with Crippen LogP contribution in [0.1, 0.15) is 10.5 Å². The van der Waals surface area contributed by atoms with E-state index in [1.807, 2.05) is 0 Å². The van der Waals surface area contributed by atoms with Crippen LogP contribution in [-0.2, 0) is 9.53 Å². The molecule has 3 rings (SSSR count). The lowest BCUT2D eigenvalue weighted by Gasteiger charge is -2.16. The zero-order chi connectivity index (χ0) is 13.6. The van der Waals surface area contributed by atoms with Gasteiger partial charge in [0.25, 0.3) is 5.91 Å². The Labute approximate surface area is 106 Å². The van der Waals surface area contributed by atoms with Crippen molar-refractivity contribution in [2.45, 2.75) is 18.3 Å².